The average Bonchev–Trinajstić information content (AvgIpc) is 2.95. The van der Waals surface area contributed by atoms with Crippen LogP contribution in [0.5, 0.6) is 11.5 Å². The van der Waals surface area contributed by atoms with E-state index in [9.17, 15) is 15.0 Å². The van der Waals surface area contributed by atoms with Crippen molar-refractivity contribution in [3.05, 3.63) is 23.8 Å². The minimum atomic E-state index is -0.918. The number of phenols is 1. The van der Waals surface area contributed by atoms with E-state index in [-0.39, 0.29) is 5.75 Å². The summed E-state index contributed by atoms with van der Waals surface area (Å²) in [5.74, 6) is -0.377. The number of rotatable bonds is 5. The molecule has 1 fully saturated rings. The monoisotopic (exact) mass is 279 g/mol. The molecule has 5 heteroatoms. The molecule has 0 saturated carbocycles. The molecule has 0 aromatic heterocycles. The van der Waals surface area contributed by atoms with Gasteiger partial charge in [-0.15, -0.1) is 0 Å². The van der Waals surface area contributed by atoms with Gasteiger partial charge in [0.1, 0.15) is 5.54 Å². The van der Waals surface area contributed by atoms with Crippen molar-refractivity contribution in [1.29, 1.82) is 0 Å². The lowest BCUT2D eigenvalue weighted by Gasteiger charge is -2.35. The van der Waals surface area contributed by atoms with E-state index in [0.29, 0.717) is 12.2 Å². The maximum Gasteiger partial charge on any atom is 0.324 e. The van der Waals surface area contributed by atoms with Crippen LogP contribution in [-0.2, 0) is 11.2 Å². The van der Waals surface area contributed by atoms with E-state index in [4.69, 9.17) is 4.74 Å². The molecule has 5 nitrogen and oxygen atoms in total. The molecule has 0 amide bonds. The molecule has 1 atom stereocenters. The molecule has 2 N–H and O–H groups in total. The van der Waals surface area contributed by atoms with Crippen molar-refractivity contribution < 1.29 is 19.7 Å². The van der Waals surface area contributed by atoms with Gasteiger partial charge < -0.3 is 14.9 Å². The molecule has 1 aliphatic heterocycles. The molecule has 1 aliphatic rings. The molecule has 1 unspecified atom stereocenters. The first-order chi connectivity index (χ1) is 9.47. The molecule has 1 heterocycles. The topological polar surface area (TPSA) is 70.0 Å². The summed E-state index contributed by atoms with van der Waals surface area (Å²) >= 11 is 0. The standard InChI is InChI=1S/C15H21NO4/c1-15(14(18)19,16-7-3-4-8-16)10-11-5-6-12(17)13(9-11)20-2/h5-6,9,17H,3-4,7-8,10H2,1-2H3,(H,18,19). The third-order valence-corrected chi connectivity index (χ3v) is 4.06. The van der Waals surface area contributed by atoms with Gasteiger partial charge in [0, 0.05) is 6.42 Å². The second-order valence-electron chi connectivity index (χ2n) is 5.46. The molecule has 110 valence electrons. The first-order valence-corrected chi connectivity index (χ1v) is 6.81. The van der Waals surface area contributed by atoms with Gasteiger partial charge in [0.2, 0.25) is 0 Å². The summed E-state index contributed by atoms with van der Waals surface area (Å²) in [6, 6.07) is 4.99. The first-order valence-electron chi connectivity index (χ1n) is 6.81. The number of aromatic hydroxyl groups is 1. The Bertz CT molecular complexity index is 497. The van der Waals surface area contributed by atoms with Crippen LogP contribution >= 0.6 is 0 Å². The Hall–Kier alpha value is -1.75. The van der Waals surface area contributed by atoms with Crippen molar-refractivity contribution in [2.45, 2.75) is 31.7 Å². The fraction of sp³-hybridized carbons (Fsp3) is 0.533. The Balaban J connectivity index is 2.26. The fourth-order valence-corrected chi connectivity index (χ4v) is 2.76. The number of carboxylic acid groups (broad SMARTS) is 1. The number of likely N-dealkylation sites (tertiary alicyclic amines) is 1. The minimum Gasteiger partial charge on any atom is -0.504 e. The number of carbonyl (C=O) groups is 1. The summed E-state index contributed by atoms with van der Waals surface area (Å²) in [5, 5.41) is 19.2. The maximum atomic E-state index is 11.7. The molecule has 0 bridgehead atoms. The molecular weight excluding hydrogens is 258 g/mol. The second kappa shape index (κ2) is 5.71. The predicted octanol–water partition coefficient (Wildman–Crippen LogP) is 1.88. The molecule has 0 aliphatic carbocycles. The van der Waals surface area contributed by atoms with Crippen LogP contribution in [0.2, 0.25) is 0 Å². The van der Waals surface area contributed by atoms with E-state index in [2.05, 4.69) is 0 Å². The highest BCUT2D eigenvalue weighted by Crippen LogP contribution is 2.31. The van der Waals surface area contributed by atoms with Gasteiger partial charge in [-0.2, -0.15) is 0 Å². The van der Waals surface area contributed by atoms with E-state index in [1.807, 2.05) is 4.90 Å². The highest BCUT2D eigenvalue weighted by atomic mass is 16.5. The van der Waals surface area contributed by atoms with Crippen LogP contribution in [-0.4, -0.2) is 46.8 Å². The fourth-order valence-electron chi connectivity index (χ4n) is 2.76. The average molecular weight is 279 g/mol. The van der Waals surface area contributed by atoms with Gasteiger partial charge >= 0.3 is 5.97 Å². The summed E-state index contributed by atoms with van der Waals surface area (Å²) in [6.45, 7) is 3.40. The Labute approximate surface area is 118 Å². The minimum absolute atomic E-state index is 0.0643. The number of benzene rings is 1. The summed E-state index contributed by atoms with van der Waals surface area (Å²) < 4.78 is 5.08. The van der Waals surface area contributed by atoms with E-state index >= 15 is 0 Å². The Kier molecular flexibility index (Phi) is 4.18. The number of hydrogen-bond donors (Lipinski definition) is 2. The highest BCUT2D eigenvalue weighted by molar-refractivity contribution is 5.79. The van der Waals surface area contributed by atoms with Crippen LogP contribution < -0.4 is 4.74 Å². The van der Waals surface area contributed by atoms with Gasteiger partial charge in [0.05, 0.1) is 7.11 Å². The Morgan fingerprint density at radius 1 is 1.40 bits per heavy atom. The van der Waals surface area contributed by atoms with Gasteiger partial charge in [-0.1, -0.05) is 6.07 Å². The third kappa shape index (κ3) is 2.72. The van der Waals surface area contributed by atoms with E-state index in [1.54, 1.807) is 25.1 Å². The van der Waals surface area contributed by atoms with E-state index < -0.39 is 11.5 Å². The Morgan fingerprint density at radius 3 is 2.60 bits per heavy atom. The number of nitrogens with zero attached hydrogens (tertiary/aromatic N) is 1. The summed E-state index contributed by atoms with van der Waals surface area (Å²) in [7, 11) is 1.48. The smallest absolute Gasteiger partial charge is 0.324 e. The lowest BCUT2D eigenvalue weighted by Crippen LogP contribution is -2.52. The van der Waals surface area contributed by atoms with E-state index in [1.165, 1.54) is 7.11 Å². The van der Waals surface area contributed by atoms with Gasteiger partial charge in [0.15, 0.2) is 11.5 Å². The van der Waals surface area contributed by atoms with Gasteiger partial charge in [0.25, 0.3) is 0 Å². The summed E-state index contributed by atoms with van der Waals surface area (Å²) in [6.07, 6.45) is 2.47. The number of hydrogen-bond acceptors (Lipinski definition) is 4. The Morgan fingerprint density at radius 2 is 2.05 bits per heavy atom. The summed E-state index contributed by atoms with van der Waals surface area (Å²) in [4.78, 5) is 13.7. The number of methoxy groups -OCH3 is 1. The largest absolute Gasteiger partial charge is 0.504 e. The van der Waals surface area contributed by atoms with Crippen LogP contribution in [0.25, 0.3) is 0 Å². The molecule has 1 aromatic rings. The third-order valence-electron chi connectivity index (χ3n) is 4.06. The number of aliphatic carboxylic acids is 1. The van der Waals surface area contributed by atoms with Gasteiger partial charge in [-0.3, -0.25) is 9.69 Å². The van der Waals surface area contributed by atoms with Crippen LogP contribution in [0.1, 0.15) is 25.3 Å². The normalized spacial score (nSPS) is 18.7. The number of carboxylic acids is 1. The van der Waals surface area contributed by atoms with Crippen LogP contribution in [0.15, 0.2) is 18.2 Å². The molecule has 1 aromatic carbocycles. The zero-order valence-corrected chi connectivity index (χ0v) is 11.9. The van der Waals surface area contributed by atoms with Crippen LogP contribution in [0.3, 0.4) is 0 Å². The summed E-state index contributed by atoms with van der Waals surface area (Å²) in [5.41, 5.74) is -0.0742. The highest BCUT2D eigenvalue weighted by Gasteiger charge is 2.40. The van der Waals surface area contributed by atoms with Crippen LogP contribution in [0.4, 0.5) is 0 Å². The molecule has 20 heavy (non-hydrogen) atoms. The zero-order chi connectivity index (χ0) is 14.8. The number of ether oxygens (including phenoxy) is 1. The van der Waals surface area contributed by atoms with Gasteiger partial charge in [-0.05, 0) is 50.6 Å². The zero-order valence-electron chi connectivity index (χ0n) is 11.9. The lowest BCUT2D eigenvalue weighted by atomic mass is 9.91. The molecule has 0 radical (unpaired) electrons. The molecule has 2 rings (SSSR count). The van der Waals surface area contributed by atoms with Crippen molar-refractivity contribution in [2.24, 2.45) is 0 Å². The predicted molar refractivity (Wildman–Crippen MR) is 75.2 cm³/mol. The van der Waals surface area contributed by atoms with Gasteiger partial charge in [-0.25, -0.2) is 0 Å². The van der Waals surface area contributed by atoms with Crippen LogP contribution in [0, 0.1) is 0 Å². The number of phenolic OH excluding ortho intramolecular Hbond substituents is 1. The lowest BCUT2D eigenvalue weighted by molar-refractivity contribution is -0.149. The van der Waals surface area contributed by atoms with Crippen molar-refractivity contribution in [2.75, 3.05) is 20.2 Å². The molecular formula is C15H21NO4. The SMILES string of the molecule is COc1cc(CC(C)(C(=O)O)N2CCCC2)ccc1O. The van der Waals surface area contributed by atoms with Crippen molar-refractivity contribution in [1.82, 2.24) is 4.90 Å². The maximum absolute atomic E-state index is 11.7. The van der Waals surface area contributed by atoms with Crippen molar-refractivity contribution >= 4 is 5.97 Å². The van der Waals surface area contributed by atoms with Crippen molar-refractivity contribution in [3.8, 4) is 11.5 Å². The first kappa shape index (κ1) is 14.7. The van der Waals surface area contributed by atoms with E-state index in [0.717, 1.165) is 31.5 Å². The second-order valence-corrected chi connectivity index (χ2v) is 5.46. The molecule has 0 spiro atoms. The quantitative estimate of drug-likeness (QED) is 0.861. The molecule has 1 saturated heterocycles. The van der Waals surface area contributed by atoms with Crippen molar-refractivity contribution in [3.63, 3.8) is 0 Å².